The maximum Gasteiger partial charge on any atom is 0.413 e. The Kier molecular flexibility index (Phi) is 5.60. The lowest BCUT2D eigenvalue weighted by atomic mass is 9.95. The Morgan fingerprint density at radius 2 is 1.81 bits per heavy atom. The molecule has 0 unspecified atom stereocenters. The zero-order valence-electron chi connectivity index (χ0n) is 12.3. The SMILES string of the molecule is C[C@H](NC(=O)Oc1ccccc1)C(=O)NC1CCCCC1. The van der Waals surface area contributed by atoms with E-state index in [1.54, 1.807) is 31.2 Å². The van der Waals surface area contributed by atoms with Crippen molar-refractivity contribution in [2.75, 3.05) is 0 Å². The zero-order chi connectivity index (χ0) is 15.1. The van der Waals surface area contributed by atoms with Gasteiger partial charge in [0.05, 0.1) is 0 Å². The van der Waals surface area contributed by atoms with Crippen molar-refractivity contribution >= 4 is 12.0 Å². The summed E-state index contributed by atoms with van der Waals surface area (Å²) in [6, 6.07) is 8.40. The average Bonchev–Trinajstić information content (AvgIpc) is 2.49. The van der Waals surface area contributed by atoms with Crippen LogP contribution in [0, 0.1) is 0 Å². The minimum Gasteiger partial charge on any atom is -0.410 e. The van der Waals surface area contributed by atoms with Gasteiger partial charge in [-0.1, -0.05) is 37.5 Å². The van der Waals surface area contributed by atoms with Crippen LogP contribution in [0.3, 0.4) is 0 Å². The molecule has 0 spiro atoms. The first-order valence-corrected chi connectivity index (χ1v) is 7.49. The molecule has 0 saturated heterocycles. The molecule has 5 nitrogen and oxygen atoms in total. The van der Waals surface area contributed by atoms with Crippen molar-refractivity contribution in [3.8, 4) is 5.75 Å². The first-order valence-electron chi connectivity index (χ1n) is 7.49. The third kappa shape index (κ3) is 5.10. The molecule has 5 heteroatoms. The Balaban J connectivity index is 1.75. The number of nitrogens with one attached hydrogen (secondary N) is 2. The average molecular weight is 290 g/mol. The number of ether oxygens (including phenoxy) is 1. The first kappa shape index (κ1) is 15.4. The molecule has 0 heterocycles. The van der Waals surface area contributed by atoms with Gasteiger partial charge in [-0.2, -0.15) is 0 Å². The molecular weight excluding hydrogens is 268 g/mol. The van der Waals surface area contributed by atoms with Crippen molar-refractivity contribution in [2.24, 2.45) is 0 Å². The van der Waals surface area contributed by atoms with Gasteiger partial charge in [-0.3, -0.25) is 4.79 Å². The number of amides is 2. The molecule has 114 valence electrons. The lowest BCUT2D eigenvalue weighted by Crippen LogP contribution is -2.49. The van der Waals surface area contributed by atoms with Gasteiger partial charge in [-0.15, -0.1) is 0 Å². The minimum absolute atomic E-state index is 0.160. The fourth-order valence-corrected chi connectivity index (χ4v) is 2.44. The van der Waals surface area contributed by atoms with Gasteiger partial charge in [0.15, 0.2) is 0 Å². The highest BCUT2D eigenvalue weighted by molar-refractivity contribution is 5.85. The van der Waals surface area contributed by atoms with Gasteiger partial charge in [0.2, 0.25) is 5.91 Å². The predicted octanol–water partition coefficient (Wildman–Crippen LogP) is 2.61. The summed E-state index contributed by atoms with van der Waals surface area (Å²) in [5, 5.41) is 5.52. The van der Waals surface area contributed by atoms with Crippen LogP contribution in [0.2, 0.25) is 0 Å². The number of rotatable bonds is 4. The zero-order valence-corrected chi connectivity index (χ0v) is 12.3. The van der Waals surface area contributed by atoms with Gasteiger partial charge in [-0.05, 0) is 31.9 Å². The Bertz CT molecular complexity index is 470. The highest BCUT2D eigenvalue weighted by atomic mass is 16.6. The first-order chi connectivity index (χ1) is 10.1. The summed E-state index contributed by atoms with van der Waals surface area (Å²) in [6.45, 7) is 1.66. The van der Waals surface area contributed by atoms with E-state index >= 15 is 0 Å². The van der Waals surface area contributed by atoms with Crippen molar-refractivity contribution in [1.29, 1.82) is 0 Å². The Labute approximate surface area is 125 Å². The molecule has 1 aliphatic carbocycles. The number of carbonyl (C=O) groups excluding carboxylic acids is 2. The van der Waals surface area contributed by atoms with Crippen LogP contribution in [-0.2, 0) is 4.79 Å². The van der Waals surface area contributed by atoms with Gasteiger partial charge >= 0.3 is 6.09 Å². The summed E-state index contributed by atoms with van der Waals surface area (Å²) in [5.74, 6) is 0.293. The molecule has 1 aromatic rings. The highest BCUT2D eigenvalue weighted by Crippen LogP contribution is 2.17. The molecule has 2 N–H and O–H groups in total. The lowest BCUT2D eigenvalue weighted by Gasteiger charge is -2.24. The van der Waals surface area contributed by atoms with Crippen molar-refractivity contribution in [3.63, 3.8) is 0 Å². The van der Waals surface area contributed by atoms with Crippen LogP contribution in [0.15, 0.2) is 30.3 Å². The van der Waals surface area contributed by atoms with Gasteiger partial charge in [-0.25, -0.2) is 4.79 Å². The van der Waals surface area contributed by atoms with E-state index in [-0.39, 0.29) is 11.9 Å². The maximum absolute atomic E-state index is 12.0. The molecule has 1 atom stereocenters. The van der Waals surface area contributed by atoms with E-state index in [9.17, 15) is 9.59 Å². The van der Waals surface area contributed by atoms with Crippen molar-refractivity contribution < 1.29 is 14.3 Å². The topological polar surface area (TPSA) is 67.4 Å². The van der Waals surface area contributed by atoms with Crippen LogP contribution < -0.4 is 15.4 Å². The van der Waals surface area contributed by atoms with E-state index in [0.29, 0.717) is 5.75 Å². The highest BCUT2D eigenvalue weighted by Gasteiger charge is 2.21. The second-order valence-corrected chi connectivity index (χ2v) is 5.41. The van der Waals surface area contributed by atoms with Gasteiger partial charge in [0.1, 0.15) is 11.8 Å². The standard InChI is InChI=1S/C16H22N2O3/c1-12(15(19)18-13-8-4-2-5-9-13)17-16(20)21-14-10-6-3-7-11-14/h3,6-7,10-13H,2,4-5,8-9H2,1H3,(H,17,20)(H,18,19)/t12-/m0/s1. The van der Waals surface area contributed by atoms with Gasteiger partial charge in [0.25, 0.3) is 0 Å². The number of hydrogen-bond acceptors (Lipinski definition) is 3. The summed E-state index contributed by atoms with van der Waals surface area (Å²) in [7, 11) is 0. The van der Waals surface area contributed by atoms with Crippen LogP contribution >= 0.6 is 0 Å². The fourth-order valence-electron chi connectivity index (χ4n) is 2.44. The van der Waals surface area contributed by atoms with Crippen LogP contribution in [0.25, 0.3) is 0 Å². The van der Waals surface area contributed by atoms with Crippen LogP contribution in [0.4, 0.5) is 4.79 Å². The number of para-hydroxylation sites is 1. The summed E-state index contributed by atoms with van der Waals surface area (Å²) >= 11 is 0. The smallest absolute Gasteiger partial charge is 0.410 e. The summed E-state index contributed by atoms with van der Waals surface area (Å²) < 4.78 is 5.10. The molecule has 1 aliphatic rings. The molecule has 2 amide bonds. The van der Waals surface area contributed by atoms with E-state index in [2.05, 4.69) is 10.6 Å². The number of benzene rings is 1. The quantitative estimate of drug-likeness (QED) is 0.895. The molecule has 0 bridgehead atoms. The van der Waals surface area contributed by atoms with Crippen molar-refractivity contribution in [2.45, 2.75) is 51.1 Å². The predicted molar refractivity (Wildman–Crippen MR) is 80.1 cm³/mol. The lowest BCUT2D eigenvalue weighted by molar-refractivity contribution is -0.123. The molecule has 1 fully saturated rings. The fraction of sp³-hybridized carbons (Fsp3) is 0.500. The molecule has 1 aromatic carbocycles. The third-order valence-corrected chi connectivity index (χ3v) is 3.63. The second-order valence-electron chi connectivity index (χ2n) is 5.41. The second kappa shape index (κ2) is 7.67. The Morgan fingerprint density at radius 1 is 1.14 bits per heavy atom. The number of hydrogen-bond donors (Lipinski definition) is 2. The molecule has 2 rings (SSSR count). The monoisotopic (exact) mass is 290 g/mol. The minimum atomic E-state index is -0.618. The maximum atomic E-state index is 12.0. The van der Waals surface area contributed by atoms with Crippen LogP contribution in [0.1, 0.15) is 39.0 Å². The summed E-state index contributed by atoms with van der Waals surface area (Å²) in [4.78, 5) is 23.7. The van der Waals surface area contributed by atoms with E-state index in [1.165, 1.54) is 6.42 Å². The Morgan fingerprint density at radius 3 is 2.48 bits per heavy atom. The van der Waals surface area contributed by atoms with Crippen molar-refractivity contribution in [3.05, 3.63) is 30.3 Å². The van der Waals surface area contributed by atoms with Crippen LogP contribution in [0.5, 0.6) is 5.75 Å². The molecular formula is C16H22N2O3. The largest absolute Gasteiger partial charge is 0.413 e. The van der Waals surface area contributed by atoms with E-state index in [1.807, 2.05) is 6.07 Å². The molecule has 0 aliphatic heterocycles. The summed E-state index contributed by atoms with van der Waals surface area (Å²) in [5.41, 5.74) is 0. The molecule has 1 saturated carbocycles. The summed E-state index contributed by atoms with van der Waals surface area (Å²) in [6.07, 6.45) is 4.97. The van der Waals surface area contributed by atoms with E-state index < -0.39 is 12.1 Å². The molecule has 21 heavy (non-hydrogen) atoms. The van der Waals surface area contributed by atoms with Crippen LogP contribution in [-0.4, -0.2) is 24.1 Å². The molecule has 0 aromatic heterocycles. The Hall–Kier alpha value is -2.04. The number of carbonyl (C=O) groups is 2. The third-order valence-electron chi connectivity index (χ3n) is 3.63. The normalized spacial score (nSPS) is 16.8. The van der Waals surface area contributed by atoms with E-state index in [4.69, 9.17) is 4.74 Å². The van der Waals surface area contributed by atoms with E-state index in [0.717, 1.165) is 25.7 Å². The van der Waals surface area contributed by atoms with Gasteiger partial charge < -0.3 is 15.4 Å². The van der Waals surface area contributed by atoms with Gasteiger partial charge in [0, 0.05) is 6.04 Å². The van der Waals surface area contributed by atoms with Crippen molar-refractivity contribution in [1.82, 2.24) is 10.6 Å². The molecule has 0 radical (unpaired) electrons.